The Morgan fingerprint density at radius 1 is 0.806 bits per heavy atom. The number of carbonyl (C=O) groups is 2. The summed E-state index contributed by atoms with van der Waals surface area (Å²) < 4.78 is 11.0. The standard InChI is InChI=1S/C31H42O5/c1-3-5-6-7-8-9-10-11-12-13-14-15-16-17-18-19-20-23-26-35-28(4-2)31(34)36-29-25-22-21-24-27(29)30(32)33/h5-6,8-9,11-12,14-15,17-18,21-22,24-25,28H,3-4,7,10,13,16,19-20,23,26H2,1-2H3,(H,32,33)/t28-/m1/s1. The minimum atomic E-state index is -1.14. The topological polar surface area (TPSA) is 72.8 Å². The fourth-order valence-electron chi connectivity index (χ4n) is 3.22. The molecule has 0 heterocycles. The van der Waals surface area contributed by atoms with Gasteiger partial charge in [0.1, 0.15) is 11.3 Å². The molecule has 1 atom stereocenters. The van der Waals surface area contributed by atoms with E-state index in [-0.39, 0.29) is 11.3 Å². The van der Waals surface area contributed by atoms with Gasteiger partial charge in [0.25, 0.3) is 0 Å². The Hall–Kier alpha value is -3.18. The molecule has 5 heteroatoms. The van der Waals surface area contributed by atoms with Crippen molar-refractivity contribution in [2.45, 2.75) is 77.7 Å². The molecule has 1 aromatic carbocycles. The van der Waals surface area contributed by atoms with Crippen LogP contribution < -0.4 is 4.74 Å². The van der Waals surface area contributed by atoms with Crippen LogP contribution in [0.4, 0.5) is 0 Å². The highest BCUT2D eigenvalue weighted by Crippen LogP contribution is 2.19. The summed E-state index contributed by atoms with van der Waals surface area (Å²) >= 11 is 0. The third kappa shape index (κ3) is 14.9. The van der Waals surface area contributed by atoms with Crippen LogP contribution in [0.15, 0.2) is 85.0 Å². The van der Waals surface area contributed by atoms with E-state index in [1.807, 2.05) is 6.92 Å². The molecule has 0 spiro atoms. The predicted octanol–water partition coefficient (Wildman–Crippen LogP) is 8.01. The van der Waals surface area contributed by atoms with Crippen molar-refractivity contribution in [3.63, 3.8) is 0 Å². The van der Waals surface area contributed by atoms with Crippen molar-refractivity contribution in [3.8, 4) is 5.75 Å². The van der Waals surface area contributed by atoms with Gasteiger partial charge in [-0.05, 0) is 69.9 Å². The summed E-state index contributed by atoms with van der Waals surface area (Å²) in [6, 6.07) is 6.10. The van der Waals surface area contributed by atoms with Gasteiger partial charge in [-0.2, -0.15) is 0 Å². The first-order valence-electron chi connectivity index (χ1n) is 13.0. The largest absolute Gasteiger partial charge is 0.478 e. The van der Waals surface area contributed by atoms with Crippen molar-refractivity contribution in [2.24, 2.45) is 0 Å². The van der Waals surface area contributed by atoms with Crippen molar-refractivity contribution in [3.05, 3.63) is 90.6 Å². The van der Waals surface area contributed by atoms with Crippen LogP contribution in [0.25, 0.3) is 0 Å². The SMILES string of the molecule is CCC=CCC=CCC=CCC=CCC=CCCCCO[C@H](CC)C(=O)Oc1ccccc1C(=O)O. The molecule has 0 fully saturated rings. The highest BCUT2D eigenvalue weighted by atomic mass is 16.6. The Morgan fingerprint density at radius 3 is 1.92 bits per heavy atom. The Morgan fingerprint density at radius 2 is 1.36 bits per heavy atom. The van der Waals surface area contributed by atoms with E-state index in [0.29, 0.717) is 13.0 Å². The van der Waals surface area contributed by atoms with Gasteiger partial charge in [-0.15, -0.1) is 0 Å². The average molecular weight is 495 g/mol. The first kappa shape index (κ1) is 30.9. The molecule has 0 saturated carbocycles. The average Bonchev–Trinajstić information content (AvgIpc) is 2.87. The van der Waals surface area contributed by atoms with E-state index in [1.165, 1.54) is 12.1 Å². The Kier molecular flexibility index (Phi) is 18.1. The van der Waals surface area contributed by atoms with Crippen LogP contribution in [-0.4, -0.2) is 29.8 Å². The quantitative estimate of drug-likeness (QED) is 0.0912. The number of esters is 1. The molecule has 5 nitrogen and oxygen atoms in total. The lowest BCUT2D eigenvalue weighted by atomic mass is 10.2. The zero-order valence-electron chi connectivity index (χ0n) is 21.8. The lowest BCUT2D eigenvalue weighted by molar-refractivity contribution is -0.147. The normalized spacial score (nSPS) is 13.1. The highest BCUT2D eigenvalue weighted by Gasteiger charge is 2.21. The molecular formula is C31H42O5. The Bertz CT molecular complexity index is 892. The summed E-state index contributed by atoms with van der Waals surface area (Å²) in [5.74, 6) is -1.66. The molecule has 0 aliphatic heterocycles. The highest BCUT2D eigenvalue weighted by molar-refractivity contribution is 5.92. The molecule has 0 aromatic heterocycles. The van der Waals surface area contributed by atoms with Gasteiger partial charge >= 0.3 is 11.9 Å². The number of hydrogen-bond donors (Lipinski definition) is 1. The van der Waals surface area contributed by atoms with Crippen LogP contribution in [0.2, 0.25) is 0 Å². The number of ether oxygens (including phenoxy) is 2. The van der Waals surface area contributed by atoms with Gasteiger partial charge in [0, 0.05) is 6.61 Å². The summed E-state index contributed by atoms with van der Waals surface area (Å²) in [5.41, 5.74) is -0.0437. The number of carboxylic acids is 1. The van der Waals surface area contributed by atoms with Crippen LogP contribution >= 0.6 is 0 Å². The van der Waals surface area contributed by atoms with E-state index < -0.39 is 18.0 Å². The number of aromatic carboxylic acids is 1. The molecule has 36 heavy (non-hydrogen) atoms. The maximum Gasteiger partial charge on any atom is 0.340 e. The van der Waals surface area contributed by atoms with Crippen LogP contribution in [0.1, 0.15) is 82.0 Å². The second kappa shape index (κ2) is 21.1. The van der Waals surface area contributed by atoms with E-state index in [2.05, 4.69) is 67.7 Å². The summed E-state index contributed by atoms with van der Waals surface area (Å²) in [6.07, 6.45) is 29.4. The first-order valence-corrected chi connectivity index (χ1v) is 13.0. The van der Waals surface area contributed by atoms with Crippen LogP contribution in [-0.2, 0) is 9.53 Å². The molecule has 0 bridgehead atoms. The number of carbonyl (C=O) groups excluding carboxylic acids is 1. The number of para-hydroxylation sites is 1. The fourth-order valence-corrected chi connectivity index (χ4v) is 3.22. The van der Waals surface area contributed by atoms with Gasteiger partial charge in [0.2, 0.25) is 0 Å². The lowest BCUT2D eigenvalue weighted by Crippen LogP contribution is -2.29. The third-order valence-electron chi connectivity index (χ3n) is 5.20. The second-order valence-electron chi connectivity index (χ2n) is 8.19. The number of hydrogen-bond acceptors (Lipinski definition) is 4. The zero-order valence-corrected chi connectivity index (χ0v) is 21.8. The molecule has 196 valence electrons. The van der Waals surface area contributed by atoms with E-state index >= 15 is 0 Å². The van der Waals surface area contributed by atoms with Gasteiger partial charge in [-0.1, -0.05) is 86.7 Å². The van der Waals surface area contributed by atoms with Gasteiger partial charge in [-0.3, -0.25) is 0 Å². The van der Waals surface area contributed by atoms with E-state index in [4.69, 9.17) is 9.47 Å². The van der Waals surface area contributed by atoms with Crippen molar-refractivity contribution >= 4 is 11.9 Å². The molecule has 0 amide bonds. The Labute approximate surface area is 216 Å². The molecule has 0 unspecified atom stereocenters. The van der Waals surface area contributed by atoms with E-state index in [0.717, 1.165) is 51.4 Å². The monoisotopic (exact) mass is 494 g/mol. The smallest absolute Gasteiger partial charge is 0.340 e. The van der Waals surface area contributed by atoms with Crippen molar-refractivity contribution in [1.29, 1.82) is 0 Å². The molecule has 0 aliphatic carbocycles. The van der Waals surface area contributed by atoms with Gasteiger partial charge < -0.3 is 14.6 Å². The third-order valence-corrected chi connectivity index (χ3v) is 5.20. The number of carboxylic acid groups (broad SMARTS) is 1. The number of allylic oxidation sites excluding steroid dienone is 10. The number of unbranched alkanes of at least 4 members (excludes halogenated alkanes) is 2. The lowest BCUT2D eigenvalue weighted by Gasteiger charge is -2.15. The summed E-state index contributed by atoms with van der Waals surface area (Å²) in [6.45, 7) is 4.44. The molecule has 1 N–H and O–H groups in total. The van der Waals surface area contributed by atoms with Gasteiger partial charge in [-0.25, -0.2) is 9.59 Å². The minimum absolute atomic E-state index is 0.0374. The van der Waals surface area contributed by atoms with Crippen molar-refractivity contribution in [2.75, 3.05) is 6.61 Å². The first-order chi connectivity index (χ1) is 17.6. The minimum Gasteiger partial charge on any atom is -0.478 e. The fraction of sp³-hybridized carbons (Fsp3) is 0.419. The molecule has 1 aromatic rings. The second-order valence-corrected chi connectivity index (χ2v) is 8.19. The van der Waals surface area contributed by atoms with E-state index in [9.17, 15) is 14.7 Å². The number of rotatable bonds is 19. The summed E-state index contributed by atoms with van der Waals surface area (Å²) in [5, 5.41) is 9.21. The summed E-state index contributed by atoms with van der Waals surface area (Å²) in [4.78, 5) is 23.6. The molecule has 0 saturated heterocycles. The van der Waals surface area contributed by atoms with Crippen LogP contribution in [0.5, 0.6) is 5.75 Å². The zero-order chi connectivity index (χ0) is 26.3. The van der Waals surface area contributed by atoms with Gasteiger partial charge in [0.15, 0.2) is 6.10 Å². The van der Waals surface area contributed by atoms with E-state index in [1.54, 1.807) is 12.1 Å². The molecular weight excluding hydrogens is 452 g/mol. The Balaban J connectivity index is 2.13. The molecule has 0 radical (unpaired) electrons. The van der Waals surface area contributed by atoms with Crippen molar-refractivity contribution < 1.29 is 24.2 Å². The van der Waals surface area contributed by atoms with Crippen molar-refractivity contribution in [1.82, 2.24) is 0 Å². The molecule has 0 aliphatic rings. The maximum atomic E-state index is 12.4. The summed E-state index contributed by atoms with van der Waals surface area (Å²) in [7, 11) is 0. The van der Waals surface area contributed by atoms with Crippen LogP contribution in [0, 0.1) is 0 Å². The van der Waals surface area contributed by atoms with Crippen LogP contribution in [0.3, 0.4) is 0 Å². The molecule has 1 rings (SSSR count). The predicted molar refractivity (Wildman–Crippen MR) is 147 cm³/mol. The van der Waals surface area contributed by atoms with Gasteiger partial charge in [0.05, 0.1) is 0 Å². The maximum absolute atomic E-state index is 12.4. The number of benzene rings is 1.